The maximum Gasteiger partial charge on any atom is 0.254 e. The molecule has 44 heavy (non-hydrogen) atoms. The number of hydrogen-bond acceptors (Lipinski definition) is 6. The smallest absolute Gasteiger partial charge is 0.254 e. The summed E-state index contributed by atoms with van der Waals surface area (Å²) in [6.45, 7) is 7.73. The Balaban J connectivity index is 1.51. The molecular formula is C36H54N4O4. The Bertz CT molecular complexity index is 1240. The van der Waals surface area contributed by atoms with E-state index in [-0.39, 0.29) is 42.5 Å². The summed E-state index contributed by atoms with van der Waals surface area (Å²) < 4.78 is 5.68. The van der Waals surface area contributed by atoms with Crippen LogP contribution in [0.3, 0.4) is 0 Å². The highest BCUT2D eigenvalue weighted by Gasteiger charge is 2.44. The Kier molecular flexibility index (Phi) is 11.0. The molecule has 242 valence electrons. The van der Waals surface area contributed by atoms with E-state index in [0.29, 0.717) is 17.3 Å². The van der Waals surface area contributed by atoms with Gasteiger partial charge in [-0.3, -0.25) is 9.59 Å². The summed E-state index contributed by atoms with van der Waals surface area (Å²) in [4.78, 5) is 33.2. The molecule has 3 fully saturated rings. The highest BCUT2D eigenvalue weighted by atomic mass is 16.5. The first-order chi connectivity index (χ1) is 21.2. The number of aliphatic imine (C=N–C) groups is 1. The van der Waals surface area contributed by atoms with Crippen LogP contribution in [-0.2, 0) is 9.53 Å². The van der Waals surface area contributed by atoms with E-state index < -0.39 is 5.92 Å². The number of allylic oxidation sites excluding steroid dienone is 1. The van der Waals surface area contributed by atoms with Crippen molar-refractivity contribution >= 4 is 23.2 Å². The lowest BCUT2D eigenvalue weighted by Gasteiger charge is -2.49. The number of ether oxygens (including phenoxy) is 1. The molecule has 3 atom stereocenters. The Labute approximate surface area is 264 Å². The van der Waals surface area contributed by atoms with Crippen molar-refractivity contribution in [1.82, 2.24) is 10.6 Å². The first-order valence-corrected chi connectivity index (χ1v) is 17.1. The highest BCUT2D eigenvalue weighted by molar-refractivity contribution is 6.06. The van der Waals surface area contributed by atoms with Crippen LogP contribution in [0.1, 0.15) is 118 Å². The van der Waals surface area contributed by atoms with Crippen molar-refractivity contribution in [1.29, 1.82) is 0 Å². The van der Waals surface area contributed by atoms with Crippen molar-refractivity contribution in [3.05, 3.63) is 40.5 Å². The normalized spacial score (nSPS) is 26.7. The first-order valence-electron chi connectivity index (χ1n) is 17.1. The van der Waals surface area contributed by atoms with E-state index in [0.717, 1.165) is 68.6 Å². The highest BCUT2D eigenvalue weighted by Crippen LogP contribution is 2.46. The second-order valence-corrected chi connectivity index (χ2v) is 13.8. The Morgan fingerprint density at radius 1 is 1.05 bits per heavy atom. The maximum atomic E-state index is 14.0. The molecule has 0 aromatic heterocycles. The molecule has 2 saturated heterocycles. The van der Waals surface area contributed by atoms with Crippen LogP contribution in [0.25, 0.3) is 0 Å². The lowest BCUT2D eigenvalue weighted by atomic mass is 9.67. The van der Waals surface area contributed by atoms with Gasteiger partial charge in [0, 0.05) is 67.3 Å². The lowest BCUT2D eigenvalue weighted by molar-refractivity contribution is -0.120. The molecule has 5 rings (SSSR count). The number of carbonyl (C=O) groups is 2. The van der Waals surface area contributed by atoms with E-state index in [4.69, 9.17) is 4.74 Å². The van der Waals surface area contributed by atoms with Crippen LogP contribution in [0.5, 0.6) is 0 Å². The minimum Gasteiger partial charge on any atom is -0.395 e. The fraction of sp³-hybridized carbons (Fsp3) is 0.694. The molecule has 3 heterocycles. The van der Waals surface area contributed by atoms with Crippen molar-refractivity contribution in [2.24, 2.45) is 10.9 Å². The second-order valence-electron chi connectivity index (χ2n) is 13.8. The predicted octanol–water partition coefficient (Wildman–Crippen LogP) is 5.60. The number of hydrogen-bond donors (Lipinski definition) is 3. The molecule has 1 aromatic carbocycles. The van der Waals surface area contributed by atoms with Crippen LogP contribution in [0.15, 0.2) is 28.8 Å². The number of anilines is 1. The first kappa shape index (κ1) is 32.8. The molecule has 8 nitrogen and oxygen atoms in total. The molecule has 1 aromatic rings. The number of benzene rings is 1. The van der Waals surface area contributed by atoms with Crippen molar-refractivity contribution in [3.63, 3.8) is 0 Å². The average Bonchev–Trinajstić information content (AvgIpc) is 3.13. The summed E-state index contributed by atoms with van der Waals surface area (Å²) in [5, 5.41) is 17.3. The number of rotatable bonds is 7. The quantitative estimate of drug-likeness (QED) is 0.373. The lowest BCUT2D eigenvalue weighted by Crippen LogP contribution is -2.58. The van der Waals surface area contributed by atoms with Crippen LogP contribution in [0.2, 0.25) is 0 Å². The number of nitrogens with zero attached hydrogens (tertiary/aromatic N) is 2. The summed E-state index contributed by atoms with van der Waals surface area (Å²) in [7, 11) is 2.16. The molecule has 3 N–H and O–H groups in total. The third-order valence-corrected chi connectivity index (χ3v) is 10.9. The number of amides is 2. The van der Waals surface area contributed by atoms with Gasteiger partial charge in [-0.15, -0.1) is 0 Å². The maximum absolute atomic E-state index is 14.0. The standard InChI is InChI=1S/C36H54N4O4/c1-24-19-25(2)38-35(43)31(24)22-37-34(42)30-20-27(21-33(26(30)3)40(4)29-13-17-44-18-14-29)32-12-11-28(23-41)39-36(32)15-9-7-5-6-8-10-16-36/h19-21,28-29,31-32,39,41H,5-18,22-23H2,1-4H3,(H,37,42). The minimum atomic E-state index is -0.435. The van der Waals surface area contributed by atoms with Gasteiger partial charge in [-0.2, -0.15) is 0 Å². The van der Waals surface area contributed by atoms with Crippen LogP contribution in [0, 0.1) is 12.8 Å². The second kappa shape index (κ2) is 14.7. The Morgan fingerprint density at radius 3 is 2.39 bits per heavy atom. The number of aliphatic hydroxyl groups is 1. The average molecular weight is 607 g/mol. The molecular weight excluding hydrogens is 552 g/mol. The number of piperidine rings is 1. The summed E-state index contributed by atoms with van der Waals surface area (Å²) in [5.74, 6) is -0.518. The summed E-state index contributed by atoms with van der Waals surface area (Å²) in [6, 6.07) is 4.96. The van der Waals surface area contributed by atoms with Gasteiger partial charge in [0.1, 0.15) is 0 Å². The zero-order chi connectivity index (χ0) is 31.3. The largest absolute Gasteiger partial charge is 0.395 e. The molecule has 0 radical (unpaired) electrons. The molecule has 3 unspecified atom stereocenters. The van der Waals surface area contributed by atoms with E-state index in [9.17, 15) is 14.7 Å². The van der Waals surface area contributed by atoms with E-state index in [2.05, 4.69) is 46.6 Å². The third-order valence-electron chi connectivity index (χ3n) is 10.9. The van der Waals surface area contributed by atoms with Crippen molar-refractivity contribution < 1.29 is 19.4 Å². The zero-order valence-corrected chi connectivity index (χ0v) is 27.4. The number of carbonyl (C=O) groups excluding carboxylic acids is 2. The zero-order valence-electron chi connectivity index (χ0n) is 27.4. The van der Waals surface area contributed by atoms with Gasteiger partial charge in [0.15, 0.2) is 0 Å². The molecule has 1 saturated carbocycles. The van der Waals surface area contributed by atoms with Crippen molar-refractivity contribution in [2.75, 3.05) is 38.3 Å². The molecule has 8 heteroatoms. The van der Waals surface area contributed by atoms with Gasteiger partial charge in [-0.1, -0.05) is 44.1 Å². The molecule has 1 aliphatic carbocycles. The van der Waals surface area contributed by atoms with Crippen LogP contribution < -0.4 is 15.5 Å². The van der Waals surface area contributed by atoms with E-state index in [1.807, 2.05) is 19.9 Å². The van der Waals surface area contributed by atoms with E-state index >= 15 is 0 Å². The van der Waals surface area contributed by atoms with Gasteiger partial charge < -0.3 is 25.4 Å². The number of aliphatic hydroxyl groups excluding tert-OH is 1. The molecule has 1 spiro atoms. The van der Waals surface area contributed by atoms with Gasteiger partial charge in [-0.05, 0) is 88.6 Å². The predicted molar refractivity (Wildman–Crippen MR) is 177 cm³/mol. The van der Waals surface area contributed by atoms with Crippen LogP contribution in [0.4, 0.5) is 5.69 Å². The Morgan fingerprint density at radius 2 is 1.73 bits per heavy atom. The summed E-state index contributed by atoms with van der Waals surface area (Å²) in [5.41, 5.74) is 5.51. The van der Waals surface area contributed by atoms with Crippen molar-refractivity contribution in [3.8, 4) is 0 Å². The fourth-order valence-corrected chi connectivity index (χ4v) is 8.29. The van der Waals surface area contributed by atoms with Crippen molar-refractivity contribution in [2.45, 2.75) is 121 Å². The molecule has 4 aliphatic rings. The van der Waals surface area contributed by atoms with Crippen LogP contribution >= 0.6 is 0 Å². The van der Waals surface area contributed by atoms with Gasteiger partial charge >= 0.3 is 0 Å². The number of dihydropyridines is 1. The third kappa shape index (κ3) is 7.29. The van der Waals surface area contributed by atoms with Crippen LogP contribution in [-0.4, -0.2) is 73.7 Å². The van der Waals surface area contributed by atoms with Gasteiger partial charge in [0.25, 0.3) is 11.8 Å². The topological polar surface area (TPSA) is 103 Å². The fourth-order valence-electron chi connectivity index (χ4n) is 8.29. The number of nitrogens with one attached hydrogen (secondary N) is 2. The SMILES string of the molecule is CC1=CC(C)=NC(=O)C1CNC(=O)c1cc(C2CCC(CO)NC23CCCCCCCC3)cc(N(C)C2CCOCC2)c1C. The Hall–Kier alpha value is -2.55. The molecule has 3 aliphatic heterocycles. The van der Waals surface area contributed by atoms with Gasteiger partial charge in [0.05, 0.1) is 12.5 Å². The molecule has 0 bridgehead atoms. The minimum absolute atomic E-state index is 0.0974. The monoisotopic (exact) mass is 606 g/mol. The molecule has 2 amide bonds. The van der Waals surface area contributed by atoms with E-state index in [1.54, 1.807) is 0 Å². The summed E-state index contributed by atoms with van der Waals surface area (Å²) in [6.07, 6.45) is 15.4. The van der Waals surface area contributed by atoms with E-state index in [1.165, 1.54) is 44.1 Å². The van der Waals surface area contributed by atoms with Gasteiger partial charge in [0.2, 0.25) is 0 Å². The van der Waals surface area contributed by atoms with Gasteiger partial charge in [-0.25, -0.2) is 4.99 Å². The summed E-state index contributed by atoms with van der Waals surface area (Å²) >= 11 is 0.